The van der Waals surface area contributed by atoms with Crippen molar-refractivity contribution < 1.29 is 54.8 Å². The van der Waals surface area contributed by atoms with E-state index in [1.54, 1.807) is 36.4 Å². The Labute approximate surface area is 461 Å². The highest BCUT2D eigenvalue weighted by molar-refractivity contribution is 7.89. The van der Waals surface area contributed by atoms with Crippen LogP contribution in [-0.2, 0) is 55.0 Å². The standard InChI is InChI=1S/C51H68Cl4N6O12S2/c1-35-30-46(60(2)3)48(15-6-36(52)32-44(35)54)72-38-7-11-40(12-8-38)74(64,65)58-20-24-70-28-26-68-22-18-56-49(62)16-17-50(63)57-19-23-69-27-29-71-25-21-59-75(66,67)41-13-9-39(10-14-41)73-51-43-31-37(53)33-45(55)42(43)34-47(51)61(4)5/h6-14,31-33,46-48,51,58-59H,1,15-30,34H2,2-5H3,(H,56,62)(H,57,63)/b36-6+,44-32+/t46-,47-,48-,51-/m0/s1. The summed E-state index contributed by atoms with van der Waals surface area (Å²) in [4.78, 5) is 28.6. The first-order chi connectivity index (χ1) is 35.7. The van der Waals surface area contributed by atoms with E-state index in [1.807, 2.05) is 45.2 Å². The maximum atomic E-state index is 12.9. The number of nitrogens with zero attached hydrogens (tertiary/aromatic N) is 2. The number of hydrogen-bond donors (Lipinski definition) is 4. The minimum atomic E-state index is -3.81. The summed E-state index contributed by atoms with van der Waals surface area (Å²) in [5.41, 5.74) is 2.63. The summed E-state index contributed by atoms with van der Waals surface area (Å²) in [6, 6.07) is 15.9. The lowest BCUT2D eigenvalue weighted by Gasteiger charge is -2.32. The number of allylic oxidation sites excluding steroid dienone is 3. The second kappa shape index (κ2) is 30.9. The molecule has 0 bridgehead atoms. The fourth-order valence-electron chi connectivity index (χ4n) is 7.95. The first-order valence-electron chi connectivity index (χ1n) is 24.3. The van der Waals surface area contributed by atoms with Crippen LogP contribution in [0, 0.1) is 0 Å². The van der Waals surface area contributed by atoms with Crippen molar-refractivity contribution >= 4 is 78.3 Å². The summed E-state index contributed by atoms with van der Waals surface area (Å²) < 4.78 is 91.2. The molecule has 0 spiro atoms. The molecule has 0 saturated carbocycles. The van der Waals surface area contributed by atoms with Crippen LogP contribution < -0.4 is 29.6 Å². The monoisotopic (exact) mass is 1160 g/mol. The highest BCUT2D eigenvalue weighted by atomic mass is 35.5. The quantitative estimate of drug-likeness (QED) is 0.0528. The zero-order chi connectivity index (χ0) is 54.5. The van der Waals surface area contributed by atoms with Gasteiger partial charge in [-0.2, -0.15) is 0 Å². The Kier molecular flexibility index (Phi) is 25.6. The molecule has 3 aromatic carbocycles. The topological polar surface area (TPSA) is 212 Å². The fraction of sp³-hybridized carbons (Fsp3) is 0.490. The summed E-state index contributed by atoms with van der Waals surface area (Å²) in [6.07, 6.45) is 4.61. The molecule has 0 saturated heterocycles. The maximum absolute atomic E-state index is 12.9. The molecule has 414 valence electrons. The lowest BCUT2D eigenvalue weighted by Crippen LogP contribution is -2.42. The van der Waals surface area contributed by atoms with Crippen LogP contribution in [0.2, 0.25) is 10.0 Å². The Morgan fingerprint density at radius 3 is 1.57 bits per heavy atom. The lowest BCUT2D eigenvalue weighted by atomic mass is 9.99. The zero-order valence-electron chi connectivity index (χ0n) is 42.6. The maximum Gasteiger partial charge on any atom is 0.240 e. The van der Waals surface area contributed by atoms with Crippen molar-refractivity contribution in [3.63, 3.8) is 0 Å². The minimum Gasteiger partial charge on any atom is -0.488 e. The Balaban J connectivity index is 0.826. The normalized spacial score (nSPS) is 19.6. The number of carbonyl (C=O) groups excluding carboxylic acids is 2. The van der Waals surface area contributed by atoms with Gasteiger partial charge in [0.1, 0.15) is 23.7 Å². The molecule has 0 radical (unpaired) electrons. The molecule has 3 aromatic rings. The van der Waals surface area contributed by atoms with E-state index in [4.69, 9.17) is 74.8 Å². The highest BCUT2D eigenvalue weighted by Crippen LogP contribution is 2.42. The van der Waals surface area contributed by atoms with Gasteiger partial charge in [0, 0.05) is 71.1 Å². The van der Waals surface area contributed by atoms with Crippen molar-refractivity contribution in [1.29, 1.82) is 0 Å². The van der Waals surface area contributed by atoms with Crippen LogP contribution in [-0.4, -0.2) is 164 Å². The van der Waals surface area contributed by atoms with E-state index in [2.05, 4.69) is 31.6 Å². The smallest absolute Gasteiger partial charge is 0.240 e. The number of likely N-dealkylation sites (N-methyl/N-ethyl adjacent to an activating group) is 2. The number of ether oxygens (including phenoxy) is 6. The van der Waals surface area contributed by atoms with Crippen LogP contribution >= 0.6 is 46.4 Å². The average molecular weight is 1160 g/mol. The molecule has 4 N–H and O–H groups in total. The first kappa shape index (κ1) is 62.0. The molecule has 0 aromatic heterocycles. The van der Waals surface area contributed by atoms with Crippen LogP contribution in [0.5, 0.6) is 11.5 Å². The van der Waals surface area contributed by atoms with Crippen molar-refractivity contribution in [1.82, 2.24) is 29.9 Å². The van der Waals surface area contributed by atoms with E-state index in [0.29, 0.717) is 50.9 Å². The van der Waals surface area contributed by atoms with E-state index in [9.17, 15) is 26.4 Å². The minimum absolute atomic E-state index is 0.00330. The Morgan fingerprint density at radius 2 is 1.09 bits per heavy atom. The van der Waals surface area contributed by atoms with Gasteiger partial charge in [0.25, 0.3) is 0 Å². The number of rotatable bonds is 31. The molecule has 2 amide bonds. The second-order valence-corrected chi connectivity index (χ2v) is 23.1. The van der Waals surface area contributed by atoms with Crippen molar-refractivity contribution in [2.45, 2.75) is 66.2 Å². The molecule has 0 heterocycles. The van der Waals surface area contributed by atoms with Gasteiger partial charge in [-0.05, 0) is 119 Å². The Bertz CT molecular complexity index is 2640. The Morgan fingerprint density at radius 1 is 0.627 bits per heavy atom. The number of fused-ring (bicyclic) bond motifs is 1. The zero-order valence-corrected chi connectivity index (χ0v) is 47.2. The summed E-state index contributed by atoms with van der Waals surface area (Å²) in [5, 5.41) is 7.46. The SMILES string of the molecule is C=C1C[C@H](N(C)C)[C@@H](Oc2ccc(S(=O)(=O)NCCOCCOCCNC(=O)CCC(=O)NCCOCCOCCNS(=O)(=O)c3ccc(O[C@H]4c5cc(Cl)cc(Cl)c5C[C@@H]4N(C)C)cc3)cc2)C/C=C(Cl)\C=C/1Cl. The molecule has 75 heavy (non-hydrogen) atoms. The van der Waals surface area contributed by atoms with Gasteiger partial charge in [0.2, 0.25) is 31.9 Å². The average Bonchev–Trinajstić information content (AvgIpc) is 3.74. The number of benzene rings is 3. The molecular formula is C51H68Cl4N6O12S2. The van der Waals surface area contributed by atoms with Crippen LogP contribution in [0.3, 0.4) is 0 Å². The van der Waals surface area contributed by atoms with E-state index in [0.717, 1.165) is 16.7 Å². The molecule has 4 atom stereocenters. The number of sulfonamides is 2. The number of nitrogens with one attached hydrogen (secondary N) is 4. The van der Waals surface area contributed by atoms with E-state index < -0.39 is 20.0 Å². The molecule has 2 aliphatic carbocycles. The van der Waals surface area contributed by atoms with E-state index in [-0.39, 0.29) is 138 Å². The van der Waals surface area contributed by atoms with Gasteiger partial charge in [0.05, 0.1) is 74.7 Å². The summed E-state index contributed by atoms with van der Waals surface area (Å²) >= 11 is 25.5. The second-order valence-electron chi connectivity index (χ2n) is 17.9. The molecule has 0 aliphatic heterocycles. The van der Waals surface area contributed by atoms with Crippen molar-refractivity contribution in [3.05, 3.63) is 116 Å². The third-order valence-corrected chi connectivity index (χ3v) is 16.1. The molecular weight excluding hydrogens is 1090 g/mol. The van der Waals surface area contributed by atoms with Crippen LogP contribution in [0.25, 0.3) is 0 Å². The lowest BCUT2D eigenvalue weighted by molar-refractivity contribution is -0.126. The molecule has 24 heteroatoms. The predicted octanol–water partition coefficient (Wildman–Crippen LogP) is 6.21. The molecule has 5 rings (SSSR count). The highest BCUT2D eigenvalue weighted by Gasteiger charge is 2.37. The first-order valence-corrected chi connectivity index (χ1v) is 28.8. The van der Waals surface area contributed by atoms with Gasteiger partial charge in [-0.1, -0.05) is 59.1 Å². The molecule has 0 unspecified atom stereocenters. The van der Waals surface area contributed by atoms with Crippen molar-refractivity contribution in [2.75, 3.05) is 107 Å². The van der Waals surface area contributed by atoms with Crippen LogP contribution in [0.15, 0.2) is 105 Å². The van der Waals surface area contributed by atoms with Gasteiger partial charge in [-0.3, -0.25) is 9.59 Å². The van der Waals surface area contributed by atoms with Gasteiger partial charge >= 0.3 is 0 Å². The van der Waals surface area contributed by atoms with Crippen molar-refractivity contribution in [3.8, 4) is 11.5 Å². The van der Waals surface area contributed by atoms with Crippen LogP contribution in [0.1, 0.15) is 42.9 Å². The number of amides is 2. The van der Waals surface area contributed by atoms with Crippen molar-refractivity contribution in [2.24, 2.45) is 0 Å². The van der Waals surface area contributed by atoms with Gasteiger partial charge in [-0.15, -0.1) is 0 Å². The third kappa shape index (κ3) is 20.5. The van der Waals surface area contributed by atoms with Gasteiger partial charge in [-0.25, -0.2) is 26.3 Å². The molecule has 18 nitrogen and oxygen atoms in total. The van der Waals surface area contributed by atoms with Gasteiger partial charge in [0.15, 0.2) is 0 Å². The number of hydrogen-bond acceptors (Lipinski definition) is 14. The summed E-state index contributed by atoms with van der Waals surface area (Å²) in [6.45, 7) is 6.24. The third-order valence-electron chi connectivity index (χ3n) is 12.0. The fourth-order valence-corrected chi connectivity index (χ4v) is 11.0. The number of carbonyl (C=O) groups is 2. The van der Waals surface area contributed by atoms with Crippen LogP contribution in [0.4, 0.5) is 0 Å². The number of halogens is 4. The van der Waals surface area contributed by atoms with Gasteiger partial charge < -0.3 is 48.9 Å². The Hall–Kier alpha value is -3.84. The summed E-state index contributed by atoms with van der Waals surface area (Å²) in [7, 11) is 0.219. The predicted molar refractivity (Wildman–Crippen MR) is 291 cm³/mol. The summed E-state index contributed by atoms with van der Waals surface area (Å²) in [5.74, 6) is 0.402. The molecule has 0 fully saturated rings. The largest absolute Gasteiger partial charge is 0.488 e. The molecule has 2 aliphatic rings. The van der Waals surface area contributed by atoms with E-state index >= 15 is 0 Å². The van der Waals surface area contributed by atoms with E-state index in [1.165, 1.54) is 24.3 Å².